The van der Waals surface area contributed by atoms with Crippen LogP contribution in [0.3, 0.4) is 0 Å². The molecule has 128 valence electrons. The number of nitrogens with one attached hydrogen (secondary N) is 1. The topological polar surface area (TPSA) is 50.2 Å². The van der Waals surface area contributed by atoms with Gasteiger partial charge in [-0.15, -0.1) is 0 Å². The van der Waals surface area contributed by atoms with Crippen LogP contribution in [0, 0.1) is 5.92 Å². The van der Waals surface area contributed by atoms with Gasteiger partial charge < -0.3 is 5.32 Å². The van der Waals surface area contributed by atoms with Gasteiger partial charge in [0.2, 0.25) is 5.91 Å². The molecule has 1 fully saturated rings. The third-order valence-corrected chi connectivity index (χ3v) is 4.55. The third-order valence-electron chi connectivity index (χ3n) is 4.31. The fourth-order valence-electron chi connectivity index (χ4n) is 3.19. The summed E-state index contributed by atoms with van der Waals surface area (Å²) in [6.07, 6.45) is 4.12. The van der Waals surface area contributed by atoms with Gasteiger partial charge in [-0.3, -0.25) is 9.69 Å². The first kappa shape index (κ1) is 17.0. The van der Waals surface area contributed by atoms with Crippen LogP contribution in [-0.2, 0) is 11.3 Å². The number of aromatic nitrogens is 2. The molecular weight excluding hydrogens is 324 g/mol. The maximum atomic E-state index is 12.3. The molecule has 5 nitrogen and oxygen atoms in total. The van der Waals surface area contributed by atoms with Gasteiger partial charge in [-0.1, -0.05) is 30.7 Å². The van der Waals surface area contributed by atoms with Crippen LogP contribution in [-0.4, -0.2) is 40.2 Å². The second-order valence-corrected chi connectivity index (χ2v) is 6.97. The Morgan fingerprint density at radius 1 is 1.42 bits per heavy atom. The van der Waals surface area contributed by atoms with E-state index in [-0.39, 0.29) is 5.91 Å². The maximum absolute atomic E-state index is 12.3. The van der Waals surface area contributed by atoms with E-state index in [1.54, 1.807) is 10.9 Å². The molecule has 2 heterocycles. The largest absolute Gasteiger partial charge is 0.310 e. The van der Waals surface area contributed by atoms with Crippen LogP contribution in [0.4, 0.5) is 5.82 Å². The number of anilines is 1. The van der Waals surface area contributed by atoms with E-state index in [1.165, 1.54) is 12.8 Å². The van der Waals surface area contributed by atoms with Crippen LogP contribution >= 0.6 is 11.6 Å². The molecule has 1 N–H and O–H groups in total. The van der Waals surface area contributed by atoms with Crippen molar-refractivity contribution in [2.75, 3.05) is 25.0 Å². The predicted molar refractivity (Wildman–Crippen MR) is 96.2 cm³/mol. The highest BCUT2D eigenvalue weighted by Gasteiger charge is 2.19. The van der Waals surface area contributed by atoms with E-state index >= 15 is 0 Å². The van der Waals surface area contributed by atoms with Crippen LogP contribution in [0.1, 0.15) is 25.3 Å². The summed E-state index contributed by atoms with van der Waals surface area (Å²) in [5.41, 5.74) is 1.05. The Kier molecular flexibility index (Phi) is 5.53. The molecule has 2 aromatic rings. The van der Waals surface area contributed by atoms with Gasteiger partial charge in [0, 0.05) is 17.6 Å². The van der Waals surface area contributed by atoms with Crippen molar-refractivity contribution in [3.63, 3.8) is 0 Å². The maximum Gasteiger partial charge on any atom is 0.239 e. The van der Waals surface area contributed by atoms with Gasteiger partial charge in [0.25, 0.3) is 0 Å². The van der Waals surface area contributed by atoms with E-state index in [4.69, 9.17) is 11.6 Å². The molecule has 0 radical (unpaired) electrons. The van der Waals surface area contributed by atoms with Crippen LogP contribution < -0.4 is 5.32 Å². The molecule has 1 aliphatic heterocycles. The number of halogens is 1. The molecule has 1 aliphatic rings. The molecule has 1 saturated heterocycles. The number of amides is 1. The van der Waals surface area contributed by atoms with Gasteiger partial charge in [0.15, 0.2) is 0 Å². The fourth-order valence-corrected chi connectivity index (χ4v) is 3.40. The minimum absolute atomic E-state index is 0.0111. The SMILES string of the molecule is CC1CCCN(CC(=O)Nc2ccnn2Cc2cccc(Cl)c2)C1. The lowest BCUT2D eigenvalue weighted by molar-refractivity contribution is -0.117. The fraction of sp³-hybridized carbons (Fsp3) is 0.444. The monoisotopic (exact) mass is 346 g/mol. The Morgan fingerprint density at radius 3 is 3.08 bits per heavy atom. The molecule has 1 aromatic carbocycles. The van der Waals surface area contributed by atoms with E-state index in [0.29, 0.717) is 29.8 Å². The number of carbonyl (C=O) groups is 1. The summed E-state index contributed by atoms with van der Waals surface area (Å²) >= 11 is 6.02. The molecule has 1 amide bonds. The third kappa shape index (κ3) is 4.58. The van der Waals surface area contributed by atoms with Gasteiger partial charge in [-0.25, -0.2) is 4.68 Å². The van der Waals surface area contributed by atoms with Gasteiger partial charge in [0.05, 0.1) is 19.3 Å². The summed E-state index contributed by atoms with van der Waals surface area (Å²) < 4.78 is 1.78. The van der Waals surface area contributed by atoms with E-state index in [9.17, 15) is 4.79 Å². The van der Waals surface area contributed by atoms with Crippen molar-refractivity contribution in [2.45, 2.75) is 26.3 Å². The summed E-state index contributed by atoms with van der Waals surface area (Å²) in [5, 5.41) is 7.97. The number of nitrogens with zero attached hydrogens (tertiary/aromatic N) is 3. The molecule has 3 rings (SSSR count). The number of hydrogen-bond acceptors (Lipinski definition) is 3. The molecule has 1 unspecified atom stereocenters. The Bertz CT molecular complexity index is 700. The van der Waals surface area contributed by atoms with Gasteiger partial charge >= 0.3 is 0 Å². The van der Waals surface area contributed by atoms with Crippen LogP contribution in [0.15, 0.2) is 36.5 Å². The zero-order chi connectivity index (χ0) is 16.9. The second kappa shape index (κ2) is 7.81. The number of hydrogen-bond donors (Lipinski definition) is 1. The number of benzene rings is 1. The highest BCUT2D eigenvalue weighted by Crippen LogP contribution is 2.16. The smallest absolute Gasteiger partial charge is 0.239 e. The standard InChI is InChI=1S/C18H23ClN4O/c1-14-4-3-9-22(11-14)13-18(24)21-17-7-8-20-23(17)12-15-5-2-6-16(19)10-15/h2,5-8,10,14H,3-4,9,11-13H2,1H3,(H,21,24). The summed E-state index contributed by atoms with van der Waals surface area (Å²) in [7, 11) is 0. The van der Waals surface area contributed by atoms with Crippen molar-refractivity contribution in [1.29, 1.82) is 0 Å². The minimum atomic E-state index is 0.0111. The zero-order valence-corrected chi connectivity index (χ0v) is 14.7. The second-order valence-electron chi connectivity index (χ2n) is 6.53. The van der Waals surface area contributed by atoms with E-state index < -0.39 is 0 Å². The van der Waals surface area contributed by atoms with Gasteiger partial charge in [0.1, 0.15) is 5.82 Å². The quantitative estimate of drug-likeness (QED) is 0.904. The van der Waals surface area contributed by atoms with E-state index in [0.717, 1.165) is 18.7 Å². The first-order valence-electron chi connectivity index (χ1n) is 8.38. The molecule has 24 heavy (non-hydrogen) atoms. The molecule has 6 heteroatoms. The lowest BCUT2D eigenvalue weighted by Crippen LogP contribution is -2.40. The molecule has 0 spiro atoms. The lowest BCUT2D eigenvalue weighted by atomic mass is 10.0. The van der Waals surface area contributed by atoms with Crippen LogP contribution in [0.2, 0.25) is 5.02 Å². The predicted octanol–water partition coefficient (Wildman–Crippen LogP) is 3.26. The average molecular weight is 347 g/mol. The summed E-state index contributed by atoms with van der Waals surface area (Å²) in [6.45, 7) is 5.25. The highest BCUT2D eigenvalue weighted by molar-refractivity contribution is 6.30. The van der Waals surface area contributed by atoms with Crippen molar-refractivity contribution < 1.29 is 4.79 Å². The highest BCUT2D eigenvalue weighted by atomic mass is 35.5. The first-order chi connectivity index (χ1) is 11.6. The number of rotatable bonds is 5. The van der Waals surface area contributed by atoms with Crippen LogP contribution in [0.5, 0.6) is 0 Å². The van der Waals surface area contributed by atoms with E-state index in [2.05, 4.69) is 22.2 Å². The Hall–Kier alpha value is -1.85. The van der Waals surface area contributed by atoms with Crippen molar-refractivity contribution in [2.24, 2.45) is 5.92 Å². The molecule has 0 bridgehead atoms. The number of likely N-dealkylation sites (tertiary alicyclic amines) is 1. The summed E-state index contributed by atoms with van der Waals surface area (Å²) in [5.74, 6) is 1.39. The number of piperidine rings is 1. The lowest BCUT2D eigenvalue weighted by Gasteiger charge is -2.30. The Balaban J connectivity index is 1.59. The molecule has 0 saturated carbocycles. The normalized spacial score (nSPS) is 18.5. The molecular formula is C18H23ClN4O. The van der Waals surface area contributed by atoms with Crippen molar-refractivity contribution in [1.82, 2.24) is 14.7 Å². The average Bonchev–Trinajstić information content (AvgIpc) is 2.94. The van der Waals surface area contributed by atoms with Gasteiger partial charge in [-0.2, -0.15) is 5.10 Å². The van der Waals surface area contributed by atoms with Crippen molar-refractivity contribution in [3.05, 3.63) is 47.1 Å². The summed E-state index contributed by atoms with van der Waals surface area (Å²) in [4.78, 5) is 14.6. The Labute approximate surface area is 147 Å². The zero-order valence-electron chi connectivity index (χ0n) is 13.9. The molecule has 1 aromatic heterocycles. The first-order valence-corrected chi connectivity index (χ1v) is 8.76. The number of carbonyl (C=O) groups excluding carboxylic acids is 1. The molecule has 0 aliphatic carbocycles. The summed E-state index contributed by atoms with van der Waals surface area (Å²) in [6, 6.07) is 9.48. The van der Waals surface area contributed by atoms with Gasteiger partial charge in [-0.05, 0) is 43.0 Å². The Morgan fingerprint density at radius 2 is 2.29 bits per heavy atom. The molecule has 1 atom stereocenters. The van der Waals surface area contributed by atoms with Crippen LogP contribution in [0.25, 0.3) is 0 Å². The van der Waals surface area contributed by atoms with Crippen molar-refractivity contribution >= 4 is 23.3 Å². The van der Waals surface area contributed by atoms with E-state index in [1.807, 2.05) is 30.3 Å². The van der Waals surface area contributed by atoms with Crippen molar-refractivity contribution in [3.8, 4) is 0 Å². The minimum Gasteiger partial charge on any atom is -0.310 e.